The number of thiol groups is 3. The maximum absolute atomic E-state index is 9.29. The molecule has 0 unspecified atom stereocenters. The van der Waals surface area contributed by atoms with E-state index in [4.69, 9.17) is 35.7 Å². The molecular formula is C11H24O10S3. The second-order valence-electron chi connectivity index (χ2n) is 3.79. The lowest BCUT2D eigenvalue weighted by Crippen LogP contribution is -2.37. The third-order valence-electron chi connectivity index (χ3n) is 1.75. The summed E-state index contributed by atoms with van der Waals surface area (Å²) in [5.41, 5.74) is -1.11. The average molecular weight is 413 g/mol. The number of aliphatic carboxylic acids is 3. The number of carboxylic acid groups (broad SMARTS) is 3. The Labute approximate surface area is 155 Å². The monoisotopic (exact) mass is 412 g/mol. The van der Waals surface area contributed by atoms with Crippen molar-refractivity contribution in [1.82, 2.24) is 0 Å². The van der Waals surface area contributed by atoms with Crippen LogP contribution in [0.25, 0.3) is 0 Å². The minimum Gasteiger partial charge on any atom is -0.481 e. The van der Waals surface area contributed by atoms with E-state index >= 15 is 0 Å². The van der Waals surface area contributed by atoms with E-state index in [9.17, 15) is 14.4 Å². The topological polar surface area (TPSA) is 193 Å². The largest absolute Gasteiger partial charge is 0.481 e. The lowest BCUT2D eigenvalue weighted by molar-refractivity contribution is -0.134. The van der Waals surface area contributed by atoms with Crippen molar-refractivity contribution in [1.29, 1.82) is 0 Å². The van der Waals surface area contributed by atoms with Gasteiger partial charge in [0.1, 0.15) is 0 Å². The Morgan fingerprint density at radius 1 is 0.583 bits per heavy atom. The number of carboxylic acids is 3. The summed E-state index contributed by atoms with van der Waals surface area (Å²) in [5.74, 6) is -2.89. The average Bonchev–Trinajstić information content (AvgIpc) is 2.59. The van der Waals surface area contributed by atoms with E-state index in [0.29, 0.717) is 0 Å². The Morgan fingerprint density at radius 2 is 0.708 bits per heavy atom. The molecule has 0 radical (unpaired) electrons. The Bertz CT molecular complexity index is 272. The first kappa shape index (κ1) is 31.1. The van der Waals surface area contributed by atoms with Crippen molar-refractivity contribution in [2.24, 2.45) is 5.41 Å². The van der Waals surface area contributed by atoms with Gasteiger partial charge < -0.3 is 35.7 Å². The van der Waals surface area contributed by atoms with Crippen LogP contribution in [0.1, 0.15) is 0 Å². The fourth-order valence-electron chi connectivity index (χ4n) is 0.300. The van der Waals surface area contributed by atoms with Gasteiger partial charge in [-0.15, -0.1) is 0 Å². The van der Waals surface area contributed by atoms with Crippen LogP contribution in [0.4, 0.5) is 0 Å². The maximum Gasteiger partial charge on any atom is 0.313 e. The molecule has 146 valence electrons. The molecule has 0 saturated heterocycles. The molecule has 0 aliphatic heterocycles. The highest BCUT2D eigenvalue weighted by atomic mass is 32.1. The van der Waals surface area contributed by atoms with Crippen LogP contribution in [-0.4, -0.2) is 97.3 Å². The van der Waals surface area contributed by atoms with Gasteiger partial charge in [0.15, 0.2) is 0 Å². The first-order valence-electron chi connectivity index (χ1n) is 5.97. The van der Waals surface area contributed by atoms with Crippen LogP contribution in [0.3, 0.4) is 0 Å². The minimum absolute atomic E-state index is 0.0833. The molecule has 10 nitrogen and oxygen atoms in total. The predicted molar refractivity (Wildman–Crippen MR) is 95.2 cm³/mol. The maximum atomic E-state index is 9.29. The molecule has 0 rings (SSSR count). The van der Waals surface area contributed by atoms with E-state index in [1.54, 1.807) is 0 Å². The Hall–Kier alpha value is -0.700. The van der Waals surface area contributed by atoms with E-state index in [1.807, 2.05) is 0 Å². The quantitative estimate of drug-likeness (QED) is 0.208. The summed E-state index contributed by atoms with van der Waals surface area (Å²) in [6, 6.07) is 0. The molecule has 0 aliphatic rings. The van der Waals surface area contributed by atoms with Gasteiger partial charge in [0.25, 0.3) is 0 Å². The van der Waals surface area contributed by atoms with E-state index in [1.165, 1.54) is 0 Å². The fraction of sp³-hybridized carbons (Fsp3) is 0.727. The smallest absolute Gasteiger partial charge is 0.313 e. The Morgan fingerprint density at radius 3 is 0.708 bits per heavy atom. The lowest BCUT2D eigenvalue weighted by atomic mass is 9.93. The van der Waals surface area contributed by atoms with E-state index in [-0.39, 0.29) is 17.3 Å². The number of carbonyl (C=O) groups is 3. The third kappa shape index (κ3) is 29.3. The number of aliphatic hydroxyl groups excluding tert-OH is 4. The molecule has 0 bridgehead atoms. The molecule has 0 aliphatic carbocycles. The number of hydrogen-bond donors (Lipinski definition) is 10. The van der Waals surface area contributed by atoms with Crippen molar-refractivity contribution >= 4 is 55.8 Å². The molecule has 0 heterocycles. The normalized spacial score (nSPS) is 9.12. The minimum atomic E-state index is -1.11. The summed E-state index contributed by atoms with van der Waals surface area (Å²) < 4.78 is 0. The molecule has 7 N–H and O–H groups in total. The van der Waals surface area contributed by atoms with Gasteiger partial charge in [-0.25, -0.2) is 0 Å². The fourth-order valence-corrected chi connectivity index (χ4v) is 0.300. The summed E-state index contributed by atoms with van der Waals surface area (Å²) in [6.45, 7) is -1.62. The molecule has 0 fully saturated rings. The van der Waals surface area contributed by atoms with Crippen LogP contribution in [0, 0.1) is 5.41 Å². The van der Waals surface area contributed by atoms with Crippen molar-refractivity contribution in [3.8, 4) is 0 Å². The SMILES string of the molecule is O=C(O)CS.O=C(O)CS.O=C(O)CS.OCC(CO)(CO)CO. The zero-order chi connectivity index (χ0) is 20.2. The van der Waals surface area contributed by atoms with Crippen LogP contribution in [0.5, 0.6) is 0 Å². The molecule has 0 aromatic carbocycles. The van der Waals surface area contributed by atoms with E-state index in [0.717, 1.165) is 0 Å². The number of aliphatic hydroxyl groups is 4. The zero-order valence-electron chi connectivity index (χ0n) is 12.6. The molecule has 13 heteroatoms. The van der Waals surface area contributed by atoms with Gasteiger partial charge in [-0.2, -0.15) is 37.9 Å². The van der Waals surface area contributed by atoms with Gasteiger partial charge in [-0.3, -0.25) is 14.4 Å². The summed E-state index contributed by atoms with van der Waals surface area (Å²) in [6.07, 6.45) is 0. The number of hydrogen-bond acceptors (Lipinski definition) is 10. The number of rotatable bonds is 7. The predicted octanol–water partition coefficient (Wildman–Crippen LogP) is -2.06. The van der Waals surface area contributed by atoms with Crippen molar-refractivity contribution in [2.45, 2.75) is 0 Å². The summed E-state index contributed by atoms with van der Waals surface area (Å²) in [7, 11) is 0. The van der Waals surface area contributed by atoms with Crippen LogP contribution in [0.2, 0.25) is 0 Å². The second kappa shape index (κ2) is 22.3. The van der Waals surface area contributed by atoms with Gasteiger partial charge in [0.2, 0.25) is 0 Å². The molecule has 24 heavy (non-hydrogen) atoms. The molecule has 0 aromatic rings. The van der Waals surface area contributed by atoms with E-state index in [2.05, 4.69) is 37.9 Å². The van der Waals surface area contributed by atoms with Crippen LogP contribution >= 0.6 is 37.9 Å². The highest BCUT2D eigenvalue weighted by Crippen LogP contribution is 2.11. The molecule has 0 amide bonds. The van der Waals surface area contributed by atoms with E-state index < -0.39 is 49.8 Å². The first-order valence-corrected chi connectivity index (χ1v) is 7.87. The van der Waals surface area contributed by atoms with Crippen LogP contribution < -0.4 is 0 Å². The summed E-state index contributed by atoms with van der Waals surface area (Å²) in [4.78, 5) is 27.9. The van der Waals surface area contributed by atoms with Crippen molar-refractivity contribution in [2.75, 3.05) is 43.7 Å². The van der Waals surface area contributed by atoms with Gasteiger partial charge in [-0.05, 0) is 0 Å². The molecular weight excluding hydrogens is 388 g/mol. The summed E-state index contributed by atoms with van der Waals surface area (Å²) in [5, 5.41) is 56.9. The van der Waals surface area contributed by atoms with Gasteiger partial charge in [0.05, 0.1) is 49.1 Å². The van der Waals surface area contributed by atoms with Crippen molar-refractivity contribution < 1.29 is 50.1 Å². The first-order chi connectivity index (χ1) is 11.1. The molecule has 0 saturated carbocycles. The zero-order valence-corrected chi connectivity index (χ0v) is 15.3. The standard InChI is InChI=1S/C5H12O4.3C2H4O2S/c6-1-5(2-7,3-8)4-9;3*3-2(4)1-5/h6-9H,1-4H2;3*5H,1H2,(H,3,4). The molecule has 0 atom stereocenters. The van der Waals surface area contributed by atoms with Crippen LogP contribution in [-0.2, 0) is 14.4 Å². The second-order valence-corrected chi connectivity index (χ2v) is 4.74. The van der Waals surface area contributed by atoms with Gasteiger partial charge in [-0.1, -0.05) is 0 Å². The molecule has 0 aromatic heterocycles. The Kier molecular flexibility index (Phi) is 28.9. The molecule has 0 spiro atoms. The third-order valence-corrected chi connectivity index (χ3v) is 2.56. The highest BCUT2D eigenvalue weighted by molar-refractivity contribution is 7.81. The summed E-state index contributed by atoms with van der Waals surface area (Å²) >= 11 is 10.2. The highest BCUT2D eigenvalue weighted by Gasteiger charge is 2.26. The van der Waals surface area contributed by atoms with Crippen molar-refractivity contribution in [3.05, 3.63) is 0 Å². The van der Waals surface area contributed by atoms with Crippen molar-refractivity contribution in [3.63, 3.8) is 0 Å². The Balaban J connectivity index is -0.000000116. The lowest BCUT2D eigenvalue weighted by Gasteiger charge is -2.23. The van der Waals surface area contributed by atoms with Gasteiger partial charge >= 0.3 is 17.9 Å². The van der Waals surface area contributed by atoms with Crippen LogP contribution in [0.15, 0.2) is 0 Å². The van der Waals surface area contributed by atoms with Gasteiger partial charge in [0, 0.05) is 0 Å².